The highest BCUT2D eigenvalue weighted by Crippen LogP contribution is 2.42. The van der Waals surface area contributed by atoms with Crippen molar-refractivity contribution in [3.8, 4) is 17.2 Å². The van der Waals surface area contributed by atoms with Crippen molar-refractivity contribution >= 4 is 17.4 Å². The molecule has 1 aliphatic heterocycles. The second kappa shape index (κ2) is 10.8. The Hall–Kier alpha value is -4.26. The normalized spacial score (nSPS) is 16.8. The zero-order chi connectivity index (χ0) is 26.7. The molecule has 37 heavy (non-hydrogen) atoms. The first-order valence-electron chi connectivity index (χ1n) is 12.1. The topological polar surface area (TPSA) is 85.3 Å². The molecule has 1 aliphatic rings. The fourth-order valence-electron chi connectivity index (χ4n) is 4.58. The number of carbonyl (C=O) groups excluding carboxylic acids is 2. The minimum absolute atomic E-state index is 0.0000727. The molecule has 192 valence electrons. The highest BCUT2D eigenvalue weighted by Gasteiger charge is 2.46. The zero-order valence-corrected chi connectivity index (χ0v) is 21.6. The Labute approximate surface area is 216 Å². The van der Waals surface area contributed by atoms with E-state index in [4.69, 9.17) is 14.2 Å². The predicted molar refractivity (Wildman–Crippen MR) is 141 cm³/mol. The van der Waals surface area contributed by atoms with E-state index in [-0.39, 0.29) is 24.0 Å². The molecular weight excluding hydrogens is 470 g/mol. The number of aliphatic hydroxyl groups excluding tert-OH is 1. The summed E-state index contributed by atoms with van der Waals surface area (Å²) in [7, 11) is 3.12. The lowest BCUT2D eigenvalue weighted by Gasteiger charge is -2.26. The third kappa shape index (κ3) is 5.16. The molecule has 1 heterocycles. The van der Waals surface area contributed by atoms with Gasteiger partial charge in [0.1, 0.15) is 23.0 Å². The fraction of sp³-hybridized carbons (Fsp3) is 0.267. The summed E-state index contributed by atoms with van der Waals surface area (Å²) in [5.41, 5.74) is 2.63. The average Bonchev–Trinajstić information content (AvgIpc) is 3.13. The van der Waals surface area contributed by atoms with Gasteiger partial charge >= 0.3 is 0 Å². The van der Waals surface area contributed by atoms with Crippen LogP contribution < -0.4 is 14.2 Å². The van der Waals surface area contributed by atoms with Gasteiger partial charge in [-0.1, -0.05) is 30.3 Å². The third-order valence-corrected chi connectivity index (χ3v) is 6.33. The number of aliphatic hydroxyl groups is 1. The van der Waals surface area contributed by atoms with Gasteiger partial charge in [0.05, 0.1) is 38.5 Å². The van der Waals surface area contributed by atoms with Crippen LogP contribution in [0.15, 0.2) is 72.3 Å². The Morgan fingerprint density at radius 3 is 2.24 bits per heavy atom. The number of hydrogen-bond donors (Lipinski definition) is 1. The first-order chi connectivity index (χ1) is 17.7. The van der Waals surface area contributed by atoms with Crippen LogP contribution in [0.4, 0.5) is 0 Å². The molecule has 0 saturated carbocycles. The highest BCUT2D eigenvalue weighted by atomic mass is 16.5. The van der Waals surface area contributed by atoms with E-state index in [1.54, 1.807) is 50.6 Å². The number of hydrogen-bond acceptors (Lipinski definition) is 6. The second-order valence-electron chi connectivity index (χ2n) is 9.16. The Balaban J connectivity index is 1.86. The molecule has 0 bridgehead atoms. The monoisotopic (exact) mass is 501 g/mol. The summed E-state index contributed by atoms with van der Waals surface area (Å²) in [5, 5.41) is 11.4. The number of nitrogens with zero attached hydrogens (tertiary/aromatic N) is 1. The van der Waals surface area contributed by atoms with Gasteiger partial charge in [0.15, 0.2) is 0 Å². The summed E-state index contributed by atoms with van der Waals surface area (Å²) in [6.07, 6.45) is 0.0000727. The molecule has 1 amide bonds. The third-order valence-electron chi connectivity index (χ3n) is 6.33. The summed E-state index contributed by atoms with van der Waals surface area (Å²) < 4.78 is 16.5. The highest BCUT2D eigenvalue weighted by molar-refractivity contribution is 6.46. The molecule has 0 radical (unpaired) electrons. The van der Waals surface area contributed by atoms with E-state index in [0.29, 0.717) is 33.9 Å². The van der Waals surface area contributed by atoms with E-state index in [2.05, 4.69) is 0 Å². The molecule has 1 unspecified atom stereocenters. The van der Waals surface area contributed by atoms with Gasteiger partial charge in [-0.3, -0.25) is 9.59 Å². The molecule has 0 aliphatic carbocycles. The number of aryl methyl sites for hydroxylation is 1. The number of methoxy groups -OCH3 is 2. The number of ketones is 1. The van der Waals surface area contributed by atoms with Gasteiger partial charge in [0.2, 0.25) is 0 Å². The van der Waals surface area contributed by atoms with Crippen LogP contribution in [0.1, 0.15) is 42.1 Å². The Morgan fingerprint density at radius 2 is 1.62 bits per heavy atom. The lowest BCUT2D eigenvalue weighted by atomic mass is 9.93. The van der Waals surface area contributed by atoms with E-state index in [1.165, 1.54) is 4.90 Å². The molecule has 1 N–H and O–H groups in total. The van der Waals surface area contributed by atoms with Crippen molar-refractivity contribution in [2.75, 3.05) is 14.2 Å². The number of rotatable bonds is 8. The van der Waals surface area contributed by atoms with Crippen LogP contribution in [0.25, 0.3) is 5.76 Å². The minimum Gasteiger partial charge on any atom is -0.507 e. The molecule has 1 atom stereocenters. The number of para-hydroxylation sites is 1. The summed E-state index contributed by atoms with van der Waals surface area (Å²) in [4.78, 5) is 28.3. The first-order valence-corrected chi connectivity index (χ1v) is 12.1. The largest absolute Gasteiger partial charge is 0.507 e. The van der Waals surface area contributed by atoms with Gasteiger partial charge in [0, 0.05) is 11.1 Å². The van der Waals surface area contributed by atoms with E-state index >= 15 is 0 Å². The van der Waals surface area contributed by atoms with Crippen molar-refractivity contribution < 1.29 is 28.9 Å². The SMILES string of the molecule is COc1ccc(/C(O)=C2/C(=O)C(=O)N(Cc3ccccc3OC)C2c2ccc(OC(C)C)cc2)c(C)c1. The molecular formula is C30H31NO6. The van der Waals surface area contributed by atoms with Crippen LogP contribution in [0.3, 0.4) is 0 Å². The van der Waals surface area contributed by atoms with Crippen molar-refractivity contribution in [1.29, 1.82) is 0 Å². The van der Waals surface area contributed by atoms with Crippen molar-refractivity contribution in [1.82, 2.24) is 4.90 Å². The Kier molecular flexibility index (Phi) is 7.53. The van der Waals surface area contributed by atoms with Crippen LogP contribution in [-0.2, 0) is 16.1 Å². The lowest BCUT2D eigenvalue weighted by molar-refractivity contribution is -0.140. The van der Waals surface area contributed by atoms with Crippen LogP contribution in [-0.4, -0.2) is 42.0 Å². The molecule has 0 spiro atoms. The molecule has 7 heteroatoms. The maximum Gasteiger partial charge on any atom is 0.295 e. The number of Topliss-reactive ketones (excluding diaryl/α,β-unsaturated/α-hetero) is 1. The van der Waals surface area contributed by atoms with Crippen LogP contribution in [0, 0.1) is 6.92 Å². The predicted octanol–water partition coefficient (Wildman–Crippen LogP) is 5.42. The van der Waals surface area contributed by atoms with Crippen LogP contribution in [0.2, 0.25) is 0 Å². The Bertz CT molecular complexity index is 1340. The molecule has 1 fully saturated rings. The molecule has 1 saturated heterocycles. The van der Waals surface area contributed by atoms with Gasteiger partial charge in [-0.2, -0.15) is 0 Å². The van der Waals surface area contributed by atoms with Crippen molar-refractivity contribution in [3.63, 3.8) is 0 Å². The second-order valence-corrected chi connectivity index (χ2v) is 9.16. The van der Waals surface area contributed by atoms with Crippen molar-refractivity contribution in [2.24, 2.45) is 0 Å². The van der Waals surface area contributed by atoms with E-state index in [0.717, 1.165) is 5.56 Å². The van der Waals surface area contributed by atoms with Crippen molar-refractivity contribution in [3.05, 3.63) is 94.6 Å². The average molecular weight is 502 g/mol. The Morgan fingerprint density at radius 1 is 0.946 bits per heavy atom. The molecule has 0 aromatic heterocycles. The number of carbonyl (C=O) groups is 2. The standard InChI is InChI=1S/C30H31NO6/c1-18(2)37-22-12-10-20(11-13-22)27-26(28(32)24-15-14-23(35-4)16-19(24)3)29(33)30(34)31(27)17-21-8-6-7-9-25(21)36-5/h6-16,18,27,32H,17H2,1-5H3/b28-26-. The number of amides is 1. The summed E-state index contributed by atoms with van der Waals surface area (Å²) in [6.45, 7) is 5.82. The van der Waals surface area contributed by atoms with E-state index in [1.807, 2.05) is 51.1 Å². The van der Waals surface area contributed by atoms with Crippen LogP contribution >= 0.6 is 0 Å². The molecule has 3 aromatic rings. The summed E-state index contributed by atoms with van der Waals surface area (Å²) in [6, 6.07) is 18.9. The summed E-state index contributed by atoms with van der Waals surface area (Å²) in [5.74, 6) is 0.249. The molecule has 4 rings (SSSR count). The zero-order valence-electron chi connectivity index (χ0n) is 21.6. The van der Waals surface area contributed by atoms with Gasteiger partial charge in [-0.05, 0) is 68.3 Å². The number of likely N-dealkylation sites (tertiary alicyclic amines) is 1. The van der Waals surface area contributed by atoms with Crippen molar-refractivity contribution in [2.45, 2.75) is 39.5 Å². The number of ether oxygens (including phenoxy) is 3. The fourth-order valence-corrected chi connectivity index (χ4v) is 4.58. The van der Waals surface area contributed by atoms with E-state index in [9.17, 15) is 14.7 Å². The maximum absolute atomic E-state index is 13.4. The quantitative estimate of drug-likeness (QED) is 0.252. The molecule has 7 nitrogen and oxygen atoms in total. The van der Waals surface area contributed by atoms with Crippen LogP contribution in [0.5, 0.6) is 17.2 Å². The lowest BCUT2D eigenvalue weighted by Crippen LogP contribution is -2.29. The van der Waals surface area contributed by atoms with Gasteiger partial charge in [-0.15, -0.1) is 0 Å². The van der Waals surface area contributed by atoms with Gasteiger partial charge in [-0.25, -0.2) is 0 Å². The minimum atomic E-state index is -0.806. The number of benzene rings is 3. The maximum atomic E-state index is 13.4. The summed E-state index contributed by atoms with van der Waals surface area (Å²) >= 11 is 0. The molecule has 3 aromatic carbocycles. The van der Waals surface area contributed by atoms with Gasteiger partial charge < -0.3 is 24.2 Å². The smallest absolute Gasteiger partial charge is 0.295 e. The van der Waals surface area contributed by atoms with E-state index < -0.39 is 17.7 Å². The first kappa shape index (κ1) is 25.8. The van der Waals surface area contributed by atoms with Gasteiger partial charge in [0.25, 0.3) is 11.7 Å².